The van der Waals surface area contributed by atoms with Crippen LogP contribution in [0.3, 0.4) is 0 Å². The maximum absolute atomic E-state index is 10.4. The van der Waals surface area contributed by atoms with Gasteiger partial charge in [0.05, 0.1) is 26.4 Å². The van der Waals surface area contributed by atoms with Gasteiger partial charge in [-0.3, -0.25) is 0 Å². The minimum atomic E-state index is -3.58. The normalized spacial score (nSPS) is 15.0. The Hall–Kier alpha value is -5.61. The van der Waals surface area contributed by atoms with Gasteiger partial charge in [-0.05, 0) is 36.4 Å². The van der Waals surface area contributed by atoms with Crippen molar-refractivity contribution in [1.29, 1.82) is 0 Å². The maximum Gasteiger partial charge on any atom is 0.460 e. The third-order valence-corrected chi connectivity index (χ3v) is 12.1. The van der Waals surface area contributed by atoms with E-state index < -0.39 is 7.66 Å². The Labute approximate surface area is 325 Å². The zero-order valence-corrected chi connectivity index (χ0v) is 32.1. The van der Waals surface area contributed by atoms with Gasteiger partial charge in [0.15, 0.2) is 28.5 Å². The summed E-state index contributed by atoms with van der Waals surface area (Å²) < 4.78 is 53.3. The first-order chi connectivity index (χ1) is 27.5. The highest BCUT2D eigenvalue weighted by Crippen LogP contribution is 2.64. The van der Waals surface area contributed by atoms with E-state index in [1.165, 1.54) is 6.07 Å². The highest BCUT2D eigenvalue weighted by atomic mass is 31.2. The van der Waals surface area contributed by atoms with E-state index in [1.54, 1.807) is 121 Å². The molecule has 0 spiro atoms. The molecule has 0 amide bonds. The third-order valence-electron chi connectivity index (χ3n) is 8.12. The number of ether oxygens (including phenoxy) is 4. The Bertz CT molecular complexity index is 2430. The molecule has 1 heterocycles. The minimum absolute atomic E-state index is 0.0161. The molecular weight excluding hydrogens is 775 g/mol. The highest BCUT2D eigenvalue weighted by Gasteiger charge is 2.35. The van der Waals surface area contributed by atoms with E-state index in [0.29, 0.717) is 45.1 Å². The number of hydrogen-bond donors (Lipinski definition) is 4. The van der Waals surface area contributed by atoms with E-state index >= 15 is 0 Å². The molecule has 0 radical (unpaired) electrons. The summed E-state index contributed by atoms with van der Waals surface area (Å²) in [5, 5.41) is 41.3. The van der Waals surface area contributed by atoms with Gasteiger partial charge in [0, 0.05) is 28.3 Å². The lowest BCUT2D eigenvalue weighted by atomic mass is 10.1. The Kier molecular flexibility index (Phi) is 12.7. The summed E-state index contributed by atoms with van der Waals surface area (Å²) in [5.74, 6) is 1.31. The predicted octanol–water partition coefficient (Wildman–Crippen LogP) is 11.3. The average Bonchev–Trinajstić information content (AvgIpc) is 3.24. The molecule has 0 fully saturated rings. The van der Waals surface area contributed by atoms with Crippen LogP contribution in [0.5, 0.6) is 57.5 Å². The van der Waals surface area contributed by atoms with Gasteiger partial charge < -0.3 is 48.4 Å². The van der Waals surface area contributed by atoms with E-state index in [4.69, 9.17) is 28.0 Å². The topological polar surface area (TPSA) is 173 Å². The number of aliphatic hydroxyl groups is 4. The van der Waals surface area contributed by atoms with Crippen molar-refractivity contribution in [2.45, 2.75) is 26.4 Å². The number of hydrogen-bond acceptors (Lipinski definition) is 13. The van der Waals surface area contributed by atoms with Gasteiger partial charge >= 0.3 is 7.66 Å². The Morgan fingerprint density at radius 1 is 0.429 bits per heavy atom. The largest absolute Gasteiger partial charge is 0.460 e. The molecule has 0 bridgehead atoms. The van der Waals surface area contributed by atoms with Crippen molar-refractivity contribution >= 4 is 24.7 Å². The van der Waals surface area contributed by atoms with Crippen molar-refractivity contribution < 1.29 is 48.4 Å². The summed E-state index contributed by atoms with van der Waals surface area (Å²) in [7, 11) is -2.93. The Morgan fingerprint density at radius 2 is 0.857 bits per heavy atom. The van der Waals surface area contributed by atoms with Crippen molar-refractivity contribution in [2.24, 2.45) is 13.5 Å². The first kappa shape index (κ1) is 38.7. The Morgan fingerprint density at radius 3 is 1.32 bits per heavy atom. The molecule has 1 unspecified atom stereocenters. The first-order valence-electron chi connectivity index (χ1n) is 17.1. The van der Waals surface area contributed by atoms with E-state index in [1.807, 2.05) is 6.07 Å². The molecule has 0 saturated carbocycles. The summed E-state index contributed by atoms with van der Waals surface area (Å²) in [5.41, 5.74) is 1.79. The quantitative estimate of drug-likeness (QED) is 0.0689. The molecule has 0 aromatic heterocycles. The van der Waals surface area contributed by atoms with Crippen LogP contribution in [-0.4, -0.2) is 20.4 Å². The second-order valence-electron chi connectivity index (χ2n) is 11.8. The number of benzene rings is 6. The molecule has 6 aromatic carbocycles. The van der Waals surface area contributed by atoms with E-state index in [9.17, 15) is 20.4 Å². The number of para-hydroxylation sites is 5. The van der Waals surface area contributed by atoms with Crippen molar-refractivity contribution in [3.05, 3.63) is 156 Å². The van der Waals surface area contributed by atoms with Crippen LogP contribution >= 0.6 is 24.7 Å². The number of rotatable bonds is 16. The van der Waals surface area contributed by atoms with Crippen LogP contribution in [-0.2, 0) is 26.4 Å². The second-order valence-corrected chi connectivity index (χ2v) is 15.6. The molecule has 1 aliphatic rings. The monoisotopic (exact) mass is 809 g/mol. The van der Waals surface area contributed by atoms with Gasteiger partial charge in [0.1, 0.15) is 28.7 Å². The summed E-state index contributed by atoms with van der Waals surface area (Å²) in [6.45, 7) is -1.42. The fraction of sp³-hybridized carbons (Fsp3) is 0.100. The highest BCUT2D eigenvalue weighted by molar-refractivity contribution is 7.65. The molecule has 284 valence electrons. The van der Waals surface area contributed by atoms with Crippen LogP contribution in [0.25, 0.3) is 0 Å². The minimum Gasteiger partial charge on any atom is -0.453 e. The molecule has 16 heteroatoms. The average molecular weight is 810 g/mol. The fourth-order valence-electron chi connectivity index (χ4n) is 5.40. The Balaban J connectivity index is 1.54. The zero-order chi connectivity index (χ0) is 38.7. The van der Waals surface area contributed by atoms with Crippen LogP contribution in [0.4, 0.5) is 0 Å². The summed E-state index contributed by atoms with van der Waals surface area (Å²) in [6, 6.07) is 38.0. The zero-order valence-electron chi connectivity index (χ0n) is 29.5. The van der Waals surface area contributed by atoms with Crippen molar-refractivity contribution in [3.8, 4) is 57.5 Å². The standard InChI is InChI=1S/C40H34N3O10P3/c44-23-27-12-4-8-18-32(27)48-36-22-37(53-56(42-54-41-55-43-56)52-31-16-2-1-3-17-31)39(50-34-20-10-6-14-29(34)25-46)40(51-35-21-11-7-15-30(35)26-47)38(36)49-33-19-9-5-13-28(33)24-45/h1-22,44-47H,23-26H2. The van der Waals surface area contributed by atoms with Gasteiger partial charge in [0.2, 0.25) is 17.2 Å². The molecule has 13 nitrogen and oxygen atoms in total. The van der Waals surface area contributed by atoms with Gasteiger partial charge in [-0.2, -0.15) is 4.52 Å². The second kappa shape index (κ2) is 18.3. The maximum atomic E-state index is 10.4. The van der Waals surface area contributed by atoms with Gasteiger partial charge in [-0.25, -0.2) is 0 Å². The first-order valence-corrected chi connectivity index (χ1v) is 20.2. The molecule has 1 aliphatic heterocycles. The van der Waals surface area contributed by atoms with E-state index in [0.717, 1.165) is 0 Å². The summed E-state index contributed by atoms with van der Waals surface area (Å²) in [4.78, 5) is 0. The number of aliphatic hydroxyl groups excluding tert-OH is 4. The van der Waals surface area contributed by atoms with E-state index in [-0.39, 0.29) is 78.2 Å². The van der Waals surface area contributed by atoms with Crippen molar-refractivity contribution in [3.63, 3.8) is 0 Å². The molecule has 7 rings (SSSR count). The molecule has 0 saturated heterocycles. The van der Waals surface area contributed by atoms with Crippen molar-refractivity contribution in [1.82, 2.24) is 0 Å². The summed E-state index contributed by atoms with van der Waals surface area (Å²) in [6.07, 6.45) is 0. The smallest absolute Gasteiger partial charge is 0.453 e. The van der Waals surface area contributed by atoms with Gasteiger partial charge in [-0.15, -0.1) is 9.03 Å². The lowest BCUT2D eigenvalue weighted by Gasteiger charge is -2.26. The molecular formula is C40H34N3O10P3. The van der Waals surface area contributed by atoms with Crippen molar-refractivity contribution in [2.75, 3.05) is 0 Å². The molecule has 4 N–H and O–H groups in total. The predicted molar refractivity (Wildman–Crippen MR) is 212 cm³/mol. The summed E-state index contributed by atoms with van der Waals surface area (Å²) >= 11 is 0. The molecule has 1 atom stereocenters. The molecule has 56 heavy (non-hydrogen) atoms. The van der Waals surface area contributed by atoms with Crippen LogP contribution in [0.1, 0.15) is 22.3 Å². The van der Waals surface area contributed by atoms with Crippen LogP contribution in [0.2, 0.25) is 0 Å². The van der Waals surface area contributed by atoms with E-state index in [2.05, 4.69) is 13.5 Å². The van der Waals surface area contributed by atoms with Gasteiger partial charge in [-0.1, -0.05) is 91.0 Å². The molecule has 6 aromatic rings. The lowest BCUT2D eigenvalue weighted by molar-refractivity contribution is 0.269. The fourth-order valence-corrected chi connectivity index (χ4v) is 9.16. The van der Waals surface area contributed by atoms with Gasteiger partial charge in [0.25, 0.3) is 0 Å². The van der Waals surface area contributed by atoms with Crippen LogP contribution < -0.4 is 28.0 Å². The third kappa shape index (κ3) is 8.92. The molecule has 0 aliphatic carbocycles. The SMILES string of the molecule is OCc1ccccc1Oc1cc(OP2(Oc3ccccc3)=NP=NP=N2)c(Oc2ccccc2CO)c(Oc2ccccc2CO)c1Oc1ccccc1CO. The van der Waals surface area contributed by atoms with Crippen LogP contribution in [0.15, 0.2) is 147 Å². The van der Waals surface area contributed by atoms with Crippen LogP contribution in [0, 0.1) is 0 Å². The number of nitrogens with zero attached hydrogens (tertiary/aromatic N) is 3. The lowest BCUT2D eigenvalue weighted by Crippen LogP contribution is -2.05.